The van der Waals surface area contributed by atoms with Gasteiger partial charge in [-0.15, -0.1) is 0 Å². The first-order valence-electron chi connectivity index (χ1n) is 8.30. The molecule has 0 aliphatic carbocycles. The number of amides is 2. The van der Waals surface area contributed by atoms with E-state index < -0.39 is 12.1 Å². The minimum Gasteiger partial charge on any atom is -0.497 e. The Hall–Kier alpha value is -3.35. The van der Waals surface area contributed by atoms with E-state index in [0.29, 0.717) is 17.0 Å². The van der Waals surface area contributed by atoms with E-state index in [0.717, 1.165) is 0 Å². The zero-order valence-electron chi connectivity index (χ0n) is 15.7. The van der Waals surface area contributed by atoms with E-state index in [-0.39, 0.29) is 17.4 Å². The minimum absolute atomic E-state index is 0.165. The average Bonchev–Trinajstić information content (AvgIpc) is 2.67. The van der Waals surface area contributed by atoms with Gasteiger partial charge in [-0.05, 0) is 43.3 Å². The van der Waals surface area contributed by atoms with Gasteiger partial charge in [0.05, 0.1) is 18.4 Å². The number of para-hydroxylation sites is 1. The van der Waals surface area contributed by atoms with Crippen molar-refractivity contribution in [2.24, 2.45) is 0 Å². The van der Waals surface area contributed by atoms with Crippen molar-refractivity contribution in [3.63, 3.8) is 0 Å². The highest BCUT2D eigenvalue weighted by molar-refractivity contribution is 6.08. The summed E-state index contributed by atoms with van der Waals surface area (Å²) in [4.78, 5) is 38.1. The SMILES string of the molecule is COc1ccc(C(=O)Nc2ccccc2C(=O)O[C@H](C)C(=O)N(C)C)cc1. The molecule has 0 unspecified atom stereocenters. The molecule has 2 aromatic rings. The summed E-state index contributed by atoms with van der Waals surface area (Å²) in [7, 11) is 4.70. The highest BCUT2D eigenvalue weighted by atomic mass is 16.5. The van der Waals surface area contributed by atoms with E-state index in [1.807, 2.05) is 0 Å². The van der Waals surface area contributed by atoms with Gasteiger partial charge in [0.15, 0.2) is 6.10 Å². The molecule has 0 spiro atoms. The lowest BCUT2D eigenvalue weighted by Crippen LogP contribution is -2.35. The quantitative estimate of drug-likeness (QED) is 0.790. The number of nitrogens with one attached hydrogen (secondary N) is 1. The van der Waals surface area contributed by atoms with E-state index in [1.54, 1.807) is 63.7 Å². The molecule has 0 radical (unpaired) electrons. The molecular weight excluding hydrogens is 348 g/mol. The molecule has 2 rings (SSSR count). The first kappa shape index (κ1) is 20.0. The van der Waals surface area contributed by atoms with Crippen LogP contribution in [0.15, 0.2) is 48.5 Å². The summed E-state index contributed by atoms with van der Waals surface area (Å²) in [6, 6.07) is 13.0. The Morgan fingerprint density at radius 3 is 2.22 bits per heavy atom. The Balaban J connectivity index is 2.15. The molecule has 27 heavy (non-hydrogen) atoms. The first-order valence-corrected chi connectivity index (χ1v) is 8.30. The third-order valence-corrected chi connectivity index (χ3v) is 3.82. The van der Waals surface area contributed by atoms with Crippen LogP contribution in [-0.2, 0) is 9.53 Å². The Labute approximate surface area is 157 Å². The van der Waals surface area contributed by atoms with Crippen LogP contribution >= 0.6 is 0 Å². The zero-order chi connectivity index (χ0) is 20.0. The number of carbonyl (C=O) groups is 3. The average molecular weight is 370 g/mol. The minimum atomic E-state index is -0.933. The van der Waals surface area contributed by atoms with Gasteiger partial charge in [0, 0.05) is 19.7 Å². The molecule has 0 saturated heterocycles. The van der Waals surface area contributed by atoms with Crippen molar-refractivity contribution in [1.82, 2.24) is 4.90 Å². The highest BCUT2D eigenvalue weighted by Gasteiger charge is 2.22. The predicted octanol–water partition coefficient (Wildman–Crippen LogP) is 2.58. The Bertz CT molecular complexity index is 831. The van der Waals surface area contributed by atoms with Gasteiger partial charge in [-0.2, -0.15) is 0 Å². The number of benzene rings is 2. The van der Waals surface area contributed by atoms with Crippen LogP contribution in [0.5, 0.6) is 5.75 Å². The lowest BCUT2D eigenvalue weighted by Gasteiger charge is -2.18. The molecule has 0 saturated carbocycles. The van der Waals surface area contributed by atoms with Gasteiger partial charge in [0.25, 0.3) is 11.8 Å². The second-order valence-electron chi connectivity index (χ2n) is 6.01. The summed E-state index contributed by atoms with van der Waals surface area (Å²) in [6.07, 6.45) is -0.933. The van der Waals surface area contributed by atoms with Crippen LogP contribution in [0.3, 0.4) is 0 Å². The lowest BCUT2D eigenvalue weighted by molar-refractivity contribution is -0.137. The van der Waals surface area contributed by atoms with Crippen LogP contribution < -0.4 is 10.1 Å². The largest absolute Gasteiger partial charge is 0.497 e. The molecule has 1 N–H and O–H groups in total. The van der Waals surface area contributed by atoms with E-state index >= 15 is 0 Å². The second kappa shape index (κ2) is 8.84. The van der Waals surface area contributed by atoms with Crippen molar-refractivity contribution >= 4 is 23.5 Å². The van der Waals surface area contributed by atoms with Crippen molar-refractivity contribution in [2.75, 3.05) is 26.5 Å². The summed E-state index contributed by atoms with van der Waals surface area (Å²) < 4.78 is 10.3. The van der Waals surface area contributed by atoms with Gasteiger partial charge in [-0.3, -0.25) is 9.59 Å². The van der Waals surface area contributed by atoms with Crippen molar-refractivity contribution in [2.45, 2.75) is 13.0 Å². The van der Waals surface area contributed by atoms with Gasteiger partial charge >= 0.3 is 5.97 Å². The van der Waals surface area contributed by atoms with Crippen molar-refractivity contribution in [3.8, 4) is 5.75 Å². The number of hydrogen-bond acceptors (Lipinski definition) is 5. The summed E-state index contributed by atoms with van der Waals surface area (Å²) >= 11 is 0. The molecule has 0 bridgehead atoms. The van der Waals surface area contributed by atoms with Crippen LogP contribution in [0.2, 0.25) is 0 Å². The monoisotopic (exact) mass is 370 g/mol. The number of nitrogens with zero attached hydrogens (tertiary/aromatic N) is 1. The molecule has 2 aromatic carbocycles. The molecule has 1 atom stereocenters. The standard InChI is InChI=1S/C20H22N2O5/c1-13(19(24)22(2)3)27-20(25)16-7-5-6-8-17(16)21-18(23)14-9-11-15(26-4)12-10-14/h5-13H,1-4H3,(H,21,23)/t13-/m1/s1. The summed E-state index contributed by atoms with van der Waals surface area (Å²) in [6.45, 7) is 1.50. The predicted molar refractivity (Wildman–Crippen MR) is 101 cm³/mol. The number of ether oxygens (including phenoxy) is 2. The van der Waals surface area contributed by atoms with E-state index in [1.165, 1.54) is 17.9 Å². The van der Waals surface area contributed by atoms with Crippen LogP contribution in [0.4, 0.5) is 5.69 Å². The molecular formula is C20H22N2O5. The maximum atomic E-state index is 12.4. The maximum absolute atomic E-state index is 12.4. The van der Waals surface area contributed by atoms with E-state index in [2.05, 4.69) is 5.32 Å². The van der Waals surface area contributed by atoms with Crippen molar-refractivity contribution in [1.29, 1.82) is 0 Å². The fraction of sp³-hybridized carbons (Fsp3) is 0.250. The van der Waals surface area contributed by atoms with E-state index in [9.17, 15) is 14.4 Å². The number of carbonyl (C=O) groups excluding carboxylic acids is 3. The number of rotatable bonds is 6. The molecule has 0 aliphatic heterocycles. The van der Waals surface area contributed by atoms with Gasteiger partial charge in [0.1, 0.15) is 5.75 Å². The fourth-order valence-electron chi connectivity index (χ4n) is 2.35. The number of likely N-dealkylation sites (N-methyl/N-ethyl adjacent to an activating group) is 1. The molecule has 7 nitrogen and oxygen atoms in total. The summed E-state index contributed by atoms with van der Waals surface area (Å²) in [5.74, 6) is -0.767. The molecule has 0 aromatic heterocycles. The van der Waals surface area contributed by atoms with Gasteiger partial charge in [0.2, 0.25) is 0 Å². The highest BCUT2D eigenvalue weighted by Crippen LogP contribution is 2.19. The summed E-state index contributed by atoms with van der Waals surface area (Å²) in [5.41, 5.74) is 0.876. The van der Waals surface area contributed by atoms with Crippen molar-refractivity contribution < 1.29 is 23.9 Å². The zero-order valence-corrected chi connectivity index (χ0v) is 15.7. The molecule has 7 heteroatoms. The molecule has 142 valence electrons. The number of esters is 1. The topological polar surface area (TPSA) is 84.9 Å². The smallest absolute Gasteiger partial charge is 0.341 e. The molecule has 0 heterocycles. The number of methoxy groups -OCH3 is 1. The molecule has 0 aliphatic rings. The Morgan fingerprint density at radius 1 is 1.00 bits per heavy atom. The van der Waals surface area contributed by atoms with Gasteiger partial charge in [-0.25, -0.2) is 4.79 Å². The molecule has 0 fully saturated rings. The Morgan fingerprint density at radius 2 is 1.63 bits per heavy atom. The van der Waals surface area contributed by atoms with Gasteiger partial charge < -0.3 is 19.7 Å². The third kappa shape index (κ3) is 5.07. The number of anilines is 1. The molecule has 2 amide bonds. The lowest BCUT2D eigenvalue weighted by atomic mass is 10.1. The van der Waals surface area contributed by atoms with Crippen LogP contribution in [0, 0.1) is 0 Å². The van der Waals surface area contributed by atoms with Crippen LogP contribution in [-0.4, -0.2) is 50.0 Å². The first-order chi connectivity index (χ1) is 12.8. The van der Waals surface area contributed by atoms with Crippen LogP contribution in [0.1, 0.15) is 27.6 Å². The Kier molecular flexibility index (Phi) is 6.54. The third-order valence-electron chi connectivity index (χ3n) is 3.82. The van der Waals surface area contributed by atoms with E-state index in [4.69, 9.17) is 9.47 Å². The second-order valence-corrected chi connectivity index (χ2v) is 6.01. The maximum Gasteiger partial charge on any atom is 0.341 e. The van der Waals surface area contributed by atoms with Gasteiger partial charge in [-0.1, -0.05) is 12.1 Å². The van der Waals surface area contributed by atoms with Crippen molar-refractivity contribution in [3.05, 3.63) is 59.7 Å². The summed E-state index contributed by atoms with van der Waals surface area (Å²) in [5, 5.41) is 2.69. The van der Waals surface area contributed by atoms with Crippen LogP contribution in [0.25, 0.3) is 0 Å². The normalized spacial score (nSPS) is 11.3. The number of hydrogen-bond donors (Lipinski definition) is 1. The fourth-order valence-corrected chi connectivity index (χ4v) is 2.35.